The standard InChI is InChI=1S/C22H25N3O/c26-22-9-7-19(8-10-22)11-16-25(17-12-20-5-1-3-14-23-20)18-13-21-6-2-4-15-24-21/h1-10,14-15,26H,11-13,16-18H2. The molecule has 0 aliphatic heterocycles. The van der Waals surface area contributed by atoms with Crippen LogP contribution in [0.4, 0.5) is 0 Å². The smallest absolute Gasteiger partial charge is 0.115 e. The second kappa shape index (κ2) is 9.68. The van der Waals surface area contributed by atoms with E-state index in [0.717, 1.165) is 50.3 Å². The van der Waals surface area contributed by atoms with Crippen molar-refractivity contribution in [3.8, 4) is 5.75 Å². The molecule has 0 bridgehead atoms. The molecule has 0 amide bonds. The van der Waals surface area contributed by atoms with E-state index >= 15 is 0 Å². The van der Waals surface area contributed by atoms with E-state index in [1.54, 1.807) is 12.1 Å². The predicted octanol–water partition coefficient (Wildman–Crippen LogP) is 3.51. The molecular weight excluding hydrogens is 322 g/mol. The van der Waals surface area contributed by atoms with Crippen molar-refractivity contribution in [3.05, 3.63) is 90.0 Å². The second-order valence-corrected chi connectivity index (χ2v) is 6.40. The zero-order valence-corrected chi connectivity index (χ0v) is 15.0. The normalized spacial score (nSPS) is 11.0. The maximum Gasteiger partial charge on any atom is 0.115 e. The molecule has 0 spiro atoms. The van der Waals surface area contributed by atoms with Crippen molar-refractivity contribution in [1.82, 2.24) is 14.9 Å². The molecule has 4 nitrogen and oxygen atoms in total. The monoisotopic (exact) mass is 347 g/mol. The molecule has 2 aromatic heterocycles. The summed E-state index contributed by atoms with van der Waals surface area (Å²) >= 11 is 0. The third-order valence-electron chi connectivity index (χ3n) is 4.47. The number of benzene rings is 1. The van der Waals surface area contributed by atoms with Crippen molar-refractivity contribution in [1.29, 1.82) is 0 Å². The maximum absolute atomic E-state index is 9.43. The summed E-state index contributed by atoms with van der Waals surface area (Å²) in [5.74, 6) is 0.316. The molecule has 0 unspecified atom stereocenters. The van der Waals surface area contributed by atoms with E-state index in [2.05, 4.69) is 27.0 Å². The Morgan fingerprint density at radius 2 is 1.19 bits per heavy atom. The quantitative estimate of drug-likeness (QED) is 0.643. The Hall–Kier alpha value is -2.72. The third kappa shape index (κ3) is 5.97. The SMILES string of the molecule is Oc1ccc(CCN(CCc2ccccn2)CCc2ccccn2)cc1. The first-order valence-corrected chi connectivity index (χ1v) is 9.10. The van der Waals surface area contributed by atoms with Crippen LogP contribution in [0, 0.1) is 0 Å². The molecule has 0 aliphatic carbocycles. The lowest BCUT2D eigenvalue weighted by atomic mass is 10.1. The molecular formula is C22H25N3O. The van der Waals surface area contributed by atoms with Gasteiger partial charge < -0.3 is 10.0 Å². The lowest BCUT2D eigenvalue weighted by molar-refractivity contribution is 0.282. The van der Waals surface area contributed by atoms with E-state index in [4.69, 9.17) is 0 Å². The minimum atomic E-state index is 0.316. The first-order valence-electron chi connectivity index (χ1n) is 9.10. The number of aromatic nitrogens is 2. The van der Waals surface area contributed by atoms with Crippen molar-refractivity contribution in [2.45, 2.75) is 19.3 Å². The van der Waals surface area contributed by atoms with Crippen LogP contribution < -0.4 is 0 Å². The molecule has 3 aromatic rings. The summed E-state index contributed by atoms with van der Waals surface area (Å²) in [6, 6.07) is 19.6. The van der Waals surface area contributed by atoms with Gasteiger partial charge in [-0.2, -0.15) is 0 Å². The van der Waals surface area contributed by atoms with Crippen LogP contribution in [0.5, 0.6) is 5.75 Å². The largest absolute Gasteiger partial charge is 0.508 e. The number of phenolic OH excluding ortho intramolecular Hbond substituents is 1. The van der Waals surface area contributed by atoms with Gasteiger partial charge >= 0.3 is 0 Å². The zero-order chi connectivity index (χ0) is 18.0. The van der Waals surface area contributed by atoms with Crippen molar-refractivity contribution in [3.63, 3.8) is 0 Å². The van der Waals surface area contributed by atoms with Gasteiger partial charge in [-0.05, 0) is 48.4 Å². The lowest BCUT2D eigenvalue weighted by Gasteiger charge is -2.22. The summed E-state index contributed by atoms with van der Waals surface area (Å²) in [6.45, 7) is 2.92. The Morgan fingerprint density at radius 1 is 0.654 bits per heavy atom. The fourth-order valence-corrected chi connectivity index (χ4v) is 2.92. The molecule has 3 rings (SSSR count). The Labute approximate surface area is 155 Å². The predicted molar refractivity (Wildman–Crippen MR) is 104 cm³/mol. The van der Waals surface area contributed by atoms with Gasteiger partial charge in [0.05, 0.1) is 0 Å². The molecule has 1 aromatic carbocycles. The molecule has 1 N–H and O–H groups in total. The van der Waals surface area contributed by atoms with E-state index in [-0.39, 0.29) is 0 Å². The van der Waals surface area contributed by atoms with Crippen LogP contribution in [0.3, 0.4) is 0 Å². The van der Waals surface area contributed by atoms with Gasteiger partial charge in [0.2, 0.25) is 0 Å². The highest BCUT2D eigenvalue weighted by atomic mass is 16.3. The average Bonchev–Trinajstić information content (AvgIpc) is 2.70. The number of pyridine rings is 2. The summed E-state index contributed by atoms with van der Waals surface area (Å²) in [6.07, 6.45) is 6.55. The van der Waals surface area contributed by atoms with Gasteiger partial charge in [0.1, 0.15) is 5.75 Å². The van der Waals surface area contributed by atoms with Gasteiger partial charge in [0.15, 0.2) is 0 Å². The van der Waals surface area contributed by atoms with Crippen LogP contribution in [0.15, 0.2) is 73.1 Å². The molecule has 0 saturated heterocycles. The van der Waals surface area contributed by atoms with Crippen molar-refractivity contribution < 1.29 is 5.11 Å². The van der Waals surface area contributed by atoms with Crippen LogP contribution >= 0.6 is 0 Å². The average molecular weight is 347 g/mol. The Balaban J connectivity index is 1.57. The maximum atomic E-state index is 9.43. The van der Waals surface area contributed by atoms with Gasteiger partial charge in [0, 0.05) is 56.3 Å². The summed E-state index contributed by atoms with van der Waals surface area (Å²) in [5.41, 5.74) is 3.49. The van der Waals surface area contributed by atoms with Crippen molar-refractivity contribution >= 4 is 0 Å². The number of aromatic hydroxyl groups is 1. The highest BCUT2D eigenvalue weighted by Gasteiger charge is 2.08. The molecule has 0 fully saturated rings. The number of hydrogen-bond donors (Lipinski definition) is 1. The minimum absolute atomic E-state index is 0.316. The lowest BCUT2D eigenvalue weighted by Crippen LogP contribution is -2.31. The first kappa shape index (κ1) is 18.1. The number of nitrogens with zero attached hydrogens (tertiary/aromatic N) is 3. The third-order valence-corrected chi connectivity index (χ3v) is 4.47. The number of hydrogen-bond acceptors (Lipinski definition) is 4. The van der Waals surface area contributed by atoms with E-state index in [1.165, 1.54) is 5.56 Å². The Morgan fingerprint density at radius 3 is 1.69 bits per heavy atom. The molecule has 0 aliphatic rings. The molecule has 0 radical (unpaired) electrons. The van der Waals surface area contributed by atoms with Crippen LogP contribution in [-0.2, 0) is 19.3 Å². The second-order valence-electron chi connectivity index (χ2n) is 6.40. The van der Waals surface area contributed by atoms with E-state index in [1.807, 2.05) is 48.8 Å². The molecule has 2 heterocycles. The Kier molecular flexibility index (Phi) is 6.73. The Bertz CT molecular complexity index is 717. The fourth-order valence-electron chi connectivity index (χ4n) is 2.92. The van der Waals surface area contributed by atoms with Crippen LogP contribution in [-0.4, -0.2) is 39.6 Å². The first-order chi connectivity index (χ1) is 12.8. The molecule has 26 heavy (non-hydrogen) atoms. The topological polar surface area (TPSA) is 49.2 Å². The van der Waals surface area contributed by atoms with Crippen LogP contribution in [0.1, 0.15) is 17.0 Å². The van der Waals surface area contributed by atoms with Gasteiger partial charge in [-0.3, -0.25) is 9.97 Å². The van der Waals surface area contributed by atoms with E-state index in [0.29, 0.717) is 5.75 Å². The number of phenols is 1. The highest BCUT2D eigenvalue weighted by molar-refractivity contribution is 5.26. The summed E-state index contributed by atoms with van der Waals surface area (Å²) < 4.78 is 0. The fraction of sp³-hybridized carbons (Fsp3) is 0.273. The van der Waals surface area contributed by atoms with Crippen molar-refractivity contribution in [2.75, 3.05) is 19.6 Å². The van der Waals surface area contributed by atoms with E-state index in [9.17, 15) is 5.11 Å². The minimum Gasteiger partial charge on any atom is -0.508 e. The van der Waals surface area contributed by atoms with Gasteiger partial charge in [-0.1, -0.05) is 24.3 Å². The zero-order valence-electron chi connectivity index (χ0n) is 15.0. The number of rotatable bonds is 9. The molecule has 134 valence electrons. The summed E-state index contributed by atoms with van der Waals surface area (Å²) in [7, 11) is 0. The van der Waals surface area contributed by atoms with Gasteiger partial charge in [-0.25, -0.2) is 0 Å². The van der Waals surface area contributed by atoms with E-state index < -0.39 is 0 Å². The molecule has 0 saturated carbocycles. The summed E-state index contributed by atoms with van der Waals surface area (Å²) in [5, 5.41) is 9.43. The van der Waals surface area contributed by atoms with Crippen LogP contribution in [0.2, 0.25) is 0 Å². The molecule has 0 atom stereocenters. The van der Waals surface area contributed by atoms with Gasteiger partial charge in [0.25, 0.3) is 0 Å². The molecule has 4 heteroatoms. The highest BCUT2D eigenvalue weighted by Crippen LogP contribution is 2.11. The van der Waals surface area contributed by atoms with Gasteiger partial charge in [-0.15, -0.1) is 0 Å². The van der Waals surface area contributed by atoms with Crippen LogP contribution in [0.25, 0.3) is 0 Å². The summed E-state index contributed by atoms with van der Waals surface area (Å²) in [4.78, 5) is 11.3. The van der Waals surface area contributed by atoms with Crippen molar-refractivity contribution in [2.24, 2.45) is 0 Å².